The van der Waals surface area contributed by atoms with Crippen LogP contribution in [-0.2, 0) is 9.59 Å². The van der Waals surface area contributed by atoms with Gasteiger partial charge in [0, 0.05) is 31.5 Å². The molecular formula is C23H28N4O3. The summed E-state index contributed by atoms with van der Waals surface area (Å²) >= 11 is 0. The summed E-state index contributed by atoms with van der Waals surface area (Å²) < 4.78 is 5.80. The van der Waals surface area contributed by atoms with Gasteiger partial charge in [-0.2, -0.15) is 0 Å². The van der Waals surface area contributed by atoms with Crippen LogP contribution in [0.2, 0.25) is 0 Å². The van der Waals surface area contributed by atoms with Gasteiger partial charge in [-0.05, 0) is 55.7 Å². The first-order valence-electron chi connectivity index (χ1n) is 10.5. The lowest BCUT2D eigenvalue weighted by molar-refractivity contribution is -0.127. The van der Waals surface area contributed by atoms with Crippen molar-refractivity contribution in [2.75, 3.05) is 48.3 Å². The third kappa shape index (κ3) is 4.50. The average Bonchev–Trinajstić information content (AvgIpc) is 2.79. The molecule has 0 bridgehead atoms. The first-order chi connectivity index (χ1) is 14.6. The molecule has 2 aliphatic rings. The first-order valence-corrected chi connectivity index (χ1v) is 10.5. The Hall–Kier alpha value is -3.22. The Morgan fingerprint density at radius 2 is 1.77 bits per heavy atom. The van der Waals surface area contributed by atoms with Gasteiger partial charge < -0.3 is 25.2 Å². The lowest BCUT2D eigenvalue weighted by atomic mass is 10.1. The van der Waals surface area contributed by atoms with Gasteiger partial charge in [0.15, 0.2) is 6.10 Å². The number of para-hydroxylation sites is 2. The predicted molar refractivity (Wildman–Crippen MR) is 118 cm³/mol. The van der Waals surface area contributed by atoms with Crippen LogP contribution in [0.4, 0.5) is 17.1 Å². The maximum absolute atomic E-state index is 12.7. The van der Waals surface area contributed by atoms with E-state index in [1.165, 1.54) is 24.9 Å². The van der Waals surface area contributed by atoms with Crippen LogP contribution in [-0.4, -0.2) is 51.1 Å². The zero-order valence-electron chi connectivity index (χ0n) is 17.3. The number of carbonyl (C=O) groups excluding carboxylic acids is 2. The van der Waals surface area contributed by atoms with E-state index in [4.69, 9.17) is 4.74 Å². The Labute approximate surface area is 177 Å². The van der Waals surface area contributed by atoms with Gasteiger partial charge in [0.05, 0.1) is 18.8 Å². The van der Waals surface area contributed by atoms with Crippen LogP contribution in [0.5, 0.6) is 5.75 Å². The summed E-state index contributed by atoms with van der Waals surface area (Å²) in [5.41, 5.74) is 2.78. The summed E-state index contributed by atoms with van der Waals surface area (Å²) in [6.45, 7) is 2.64. The van der Waals surface area contributed by atoms with Crippen molar-refractivity contribution in [3.05, 3.63) is 48.5 Å². The molecule has 1 atom stereocenters. The van der Waals surface area contributed by atoms with Crippen LogP contribution in [0, 0.1) is 0 Å². The van der Waals surface area contributed by atoms with E-state index < -0.39 is 6.10 Å². The van der Waals surface area contributed by atoms with Crippen molar-refractivity contribution in [1.82, 2.24) is 5.32 Å². The zero-order valence-corrected chi connectivity index (χ0v) is 17.3. The van der Waals surface area contributed by atoms with E-state index in [0.29, 0.717) is 12.3 Å². The van der Waals surface area contributed by atoms with E-state index in [1.54, 1.807) is 7.05 Å². The van der Waals surface area contributed by atoms with Crippen molar-refractivity contribution >= 4 is 28.9 Å². The number of likely N-dealkylation sites (N-methyl/N-ethyl adjacent to an activating group) is 1. The van der Waals surface area contributed by atoms with E-state index >= 15 is 0 Å². The molecule has 1 saturated heterocycles. The lowest BCUT2D eigenvalue weighted by Gasteiger charge is -2.35. The molecule has 2 aliphatic heterocycles. The number of benzene rings is 2. The van der Waals surface area contributed by atoms with Gasteiger partial charge in [-0.1, -0.05) is 12.1 Å². The van der Waals surface area contributed by atoms with Crippen LogP contribution >= 0.6 is 0 Å². The maximum atomic E-state index is 12.7. The summed E-state index contributed by atoms with van der Waals surface area (Å²) in [4.78, 5) is 29.1. The summed E-state index contributed by atoms with van der Waals surface area (Å²) in [6, 6.07) is 15.5. The van der Waals surface area contributed by atoms with Crippen LogP contribution in [0.15, 0.2) is 48.5 Å². The molecule has 0 radical (unpaired) electrons. The van der Waals surface area contributed by atoms with Gasteiger partial charge in [-0.25, -0.2) is 0 Å². The first kappa shape index (κ1) is 20.1. The quantitative estimate of drug-likeness (QED) is 0.796. The molecule has 7 nitrogen and oxygen atoms in total. The maximum Gasteiger partial charge on any atom is 0.262 e. The molecule has 4 rings (SSSR count). The van der Waals surface area contributed by atoms with E-state index in [1.807, 2.05) is 41.3 Å². The van der Waals surface area contributed by atoms with Gasteiger partial charge >= 0.3 is 0 Å². The van der Waals surface area contributed by atoms with Crippen LogP contribution in [0.1, 0.15) is 19.3 Å². The topological polar surface area (TPSA) is 73.9 Å². The molecule has 30 heavy (non-hydrogen) atoms. The standard InChI is InChI=1S/C23H28N4O3/c1-24-23(29)21-15-27(19-7-3-4-8-20(19)30-21)16-22(28)25-17-9-11-18(12-10-17)26-13-5-2-6-14-26/h3-4,7-12,21H,2,5-6,13-16H2,1H3,(H,24,29)(H,25,28)/t21-/m0/s1. The summed E-state index contributed by atoms with van der Waals surface area (Å²) in [6.07, 6.45) is 3.12. The Morgan fingerprint density at radius 3 is 2.50 bits per heavy atom. The number of anilines is 3. The molecule has 1 fully saturated rings. The number of hydrogen-bond donors (Lipinski definition) is 2. The second-order valence-corrected chi connectivity index (χ2v) is 7.71. The predicted octanol–water partition coefficient (Wildman–Crippen LogP) is 2.63. The van der Waals surface area contributed by atoms with E-state index in [9.17, 15) is 9.59 Å². The van der Waals surface area contributed by atoms with Crippen molar-refractivity contribution in [3.8, 4) is 5.75 Å². The minimum absolute atomic E-state index is 0.131. The molecule has 2 aromatic carbocycles. The number of carbonyl (C=O) groups is 2. The number of nitrogens with one attached hydrogen (secondary N) is 2. The van der Waals surface area contributed by atoms with Crippen molar-refractivity contribution in [2.24, 2.45) is 0 Å². The highest BCUT2D eigenvalue weighted by atomic mass is 16.5. The smallest absolute Gasteiger partial charge is 0.262 e. The molecule has 2 N–H and O–H groups in total. The molecule has 0 aliphatic carbocycles. The third-order valence-corrected chi connectivity index (χ3v) is 5.61. The SMILES string of the molecule is CNC(=O)[C@@H]1CN(CC(=O)Nc2ccc(N3CCCCC3)cc2)c2ccccc2O1. The van der Waals surface area contributed by atoms with Crippen LogP contribution in [0.3, 0.4) is 0 Å². The highest BCUT2D eigenvalue weighted by Gasteiger charge is 2.31. The molecule has 2 amide bonds. The van der Waals surface area contributed by atoms with Crippen molar-refractivity contribution in [1.29, 1.82) is 0 Å². The van der Waals surface area contributed by atoms with Gasteiger partial charge in [-0.15, -0.1) is 0 Å². The largest absolute Gasteiger partial charge is 0.477 e. The lowest BCUT2D eigenvalue weighted by Crippen LogP contribution is -2.50. The van der Waals surface area contributed by atoms with Gasteiger partial charge in [0.1, 0.15) is 5.75 Å². The Kier molecular flexibility index (Phi) is 6.07. The number of ether oxygens (including phenoxy) is 1. The fourth-order valence-corrected chi connectivity index (χ4v) is 4.04. The highest BCUT2D eigenvalue weighted by Crippen LogP contribution is 2.33. The van der Waals surface area contributed by atoms with E-state index in [0.717, 1.165) is 24.5 Å². The molecule has 0 spiro atoms. The molecule has 0 aromatic heterocycles. The summed E-state index contributed by atoms with van der Waals surface area (Å²) in [7, 11) is 1.58. The van der Waals surface area contributed by atoms with Crippen molar-refractivity contribution in [3.63, 3.8) is 0 Å². The van der Waals surface area contributed by atoms with Crippen LogP contribution in [0.25, 0.3) is 0 Å². The summed E-state index contributed by atoms with van der Waals surface area (Å²) in [5, 5.41) is 5.58. The number of fused-ring (bicyclic) bond motifs is 1. The molecule has 0 unspecified atom stereocenters. The van der Waals surface area contributed by atoms with Crippen molar-refractivity contribution in [2.45, 2.75) is 25.4 Å². The molecule has 158 valence electrons. The molecule has 2 aromatic rings. The highest BCUT2D eigenvalue weighted by molar-refractivity contribution is 5.95. The van der Waals surface area contributed by atoms with Gasteiger partial charge in [0.2, 0.25) is 5.91 Å². The Balaban J connectivity index is 1.41. The molecular weight excluding hydrogens is 380 g/mol. The number of nitrogens with zero attached hydrogens (tertiary/aromatic N) is 2. The number of amides is 2. The molecule has 0 saturated carbocycles. The third-order valence-electron chi connectivity index (χ3n) is 5.61. The number of hydrogen-bond acceptors (Lipinski definition) is 5. The van der Waals surface area contributed by atoms with Crippen LogP contribution < -0.4 is 25.2 Å². The zero-order chi connectivity index (χ0) is 20.9. The summed E-state index contributed by atoms with van der Waals surface area (Å²) in [5.74, 6) is 0.271. The minimum atomic E-state index is -0.651. The number of rotatable bonds is 5. The molecule has 7 heteroatoms. The normalized spacial score (nSPS) is 18.2. The second kappa shape index (κ2) is 9.07. The Morgan fingerprint density at radius 1 is 1.03 bits per heavy atom. The van der Waals surface area contributed by atoms with E-state index in [2.05, 4.69) is 27.7 Å². The fourth-order valence-electron chi connectivity index (χ4n) is 4.04. The van der Waals surface area contributed by atoms with Gasteiger partial charge in [-0.3, -0.25) is 9.59 Å². The number of piperidine rings is 1. The van der Waals surface area contributed by atoms with Crippen molar-refractivity contribution < 1.29 is 14.3 Å². The second-order valence-electron chi connectivity index (χ2n) is 7.71. The monoisotopic (exact) mass is 408 g/mol. The van der Waals surface area contributed by atoms with E-state index in [-0.39, 0.29) is 18.4 Å². The van der Waals surface area contributed by atoms with Gasteiger partial charge in [0.25, 0.3) is 5.91 Å². The molecule has 2 heterocycles. The Bertz CT molecular complexity index is 894. The minimum Gasteiger partial charge on any atom is -0.477 e. The average molecular weight is 409 g/mol. The fraction of sp³-hybridized carbons (Fsp3) is 0.391.